The molecule has 0 bridgehead atoms. The molecular weight excluding hydrogens is 480 g/mol. The zero-order valence-electron chi connectivity index (χ0n) is 15.0. The zero-order valence-corrected chi connectivity index (χ0v) is 18.2. The van der Waals surface area contributed by atoms with Gasteiger partial charge in [0.05, 0.1) is 11.6 Å². The van der Waals surface area contributed by atoms with Crippen LogP contribution in [0.25, 0.3) is 0 Å². The molecule has 3 N–H and O–H groups in total. The molecule has 27 heavy (non-hydrogen) atoms. The van der Waals surface area contributed by atoms with Crippen molar-refractivity contribution in [3.8, 4) is 0 Å². The number of carbonyl (C=O) groups excluding carboxylic acids is 4. The van der Waals surface area contributed by atoms with E-state index in [4.69, 9.17) is 0 Å². The van der Waals surface area contributed by atoms with Crippen LogP contribution in [0.2, 0.25) is 0 Å². The fourth-order valence-corrected chi connectivity index (χ4v) is 1.74. The van der Waals surface area contributed by atoms with Gasteiger partial charge in [0.2, 0.25) is 0 Å². The third-order valence-corrected chi connectivity index (χ3v) is 2.79. The Kier molecular flexibility index (Phi) is 18.1. The molecule has 0 saturated carbocycles. The summed E-state index contributed by atoms with van der Waals surface area (Å²) in [5, 5.41) is 0. The van der Waals surface area contributed by atoms with Crippen LogP contribution in [0.5, 0.6) is 0 Å². The van der Waals surface area contributed by atoms with Gasteiger partial charge in [-0.1, -0.05) is 36.4 Å². The van der Waals surface area contributed by atoms with E-state index in [1.54, 1.807) is 48.5 Å². The third-order valence-electron chi connectivity index (χ3n) is 2.79. The quantitative estimate of drug-likeness (QED) is 0.341. The fourth-order valence-electron chi connectivity index (χ4n) is 1.74. The van der Waals surface area contributed by atoms with Gasteiger partial charge in [-0.25, -0.2) is 0 Å². The summed E-state index contributed by atoms with van der Waals surface area (Å²) < 4.78 is 0. The maximum atomic E-state index is 11.2. The summed E-state index contributed by atoms with van der Waals surface area (Å²) in [6.45, 7) is 2.72. The van der Waals surface area contributed by atoms with Crippen LogP contribution in [0.4, 0.5) is 0 Å². The Morgan fingerprint density at radius 1 is 0.630 bits per heavy atom. The number of Topliss-reactive ketones (excluding diaryl/α,β-unsaturated/α-hetero) is 4. The molecule has 0 aliphatic carbocycles. The molecule has 2 aromatic carbocycles. The van der Waals surface area contributed by atoms with Crippen molar-refractivity contribution in [3.05, 3.63) is 84.6 Å². The van der Waals surface area contributed by atoms with Gasteiger partial charge >= 0.3 is 40.8 Å². The number of rotatable bonds is 6. The van der Waals surface area contributed by atoms with Gasteiger partial charge in [0.25, 0.3) is 0 Å². The van der Waals surface area contributed by atoms with E-state index in [1.807, 2.05) is 12.1 Å². The van der Waals surface area contributed by atoms with Gasteiger partial charge in [-0.05, 0) is 13.8 Å². The largest absolute Gasteiger partial charge is 3.00 e. The molecule has 2 aromatic rings. The maximum absolute atomic E-state index is 11.2. The van der Waals surface area contributed by atoms with E-state index in [0.717, 1.165) is 12.8 Å². The third kappa shape index (κ3) is 13.0. The van der Waals surface area contributed by atoms with Crippen molar-refractivity contribution in [2.24, 2.45) is 0 Å². The SMILES string of the molecule is CC(=O)[CH-]C(=O)c1ccccc1.CC(=O)[CH-]C(=O)c1ccccc1.O.[Nd+3].[OH-]. The molecule has 0 atom stereocenters. The normalized spacial score (nSPS) is 8.07. The molecule has 7 heteroatoms. The van der Waals surface area contributed by atoms with E-state index < -0.39 is 0 Å². The second kappa shape index (κ2) is 16.3. The van der Waals surface area contributed by atoms with Crippen molar-refractivity contribution in [1.82, 2.24) is 0 Å². The molecule has 0 aliphatic heterocycles. The van der Waals surface area contributed by atoms with Crippen LogP contribution in [-0.4, -0.2) is 34.1 Å². The Morgan fingerprint density at radius 2 is 0.889 bits per heavy atom. The van der Waals surface area contributed by atoms with Crippen molar-refractivity contribution >= 4 is 23.1 Å². The molecule has 0 heterocycles. The Labute approximate surface area is 191 Å². The molecule has 0 spiro atoms. The molecule has 0 fully saturated rings. The molecule has 2 rings (SSSR count). The van der Waals surface area contributed by atoms with E-state index in [-0.39, 0.29) is 74.9 Å². The van der Waals surface area contributed by atoms with Gasteiger partial charge in [-0.3, -0.25) is 0 Å². The topological polar surface area (TPSA) is 130 Å². The van der Waals surface area contributed by atoms with Crippen molar-refractivity contribution in [1.29, 1.82) is 0 Å². The Balaban J connectivity index is -0.000000384. The number of hydrogen-bond acceptors (Lipinski definition) is 5. The maximum Gasteiger partial charge on any atom is 3.00 e. The van der Waals surface area contributed by atoms with Gasteiger partial charge in [0.1, 0.15) is 0 Å². The van der Waals surface area contributed by atoms with Gasteiger partial charge < -0.3 is 30.1 Å². The molecule has 141 valence electrons. The number of carbonyl (C=O) groups is 4. The predicted molar refractivity (Wildman–Crippen MR) is 97.1 cm³/mol. The van der Waals surface area contributed by atoms with E-state index in [0.29, 0.717) is 11.1 Å². The van der Waals surface area contributed by atoms with Crippen LogP contribution in [0, 0.1) is 53.7 Å². The van der Waals surface area contributed by atoms with Crippen LogP contribution in [-0.2, 0) is 9.59 Å². The van der Waals surface area contributed by atoms with Crippen molar-refractivity contribution in [2.75, 3.05) is 0 Å². The zero-order chi connectivity index (χ0) is 17.9. The molecule has 0 unspecified atom stereocenters. The van der Waals surface area contributed by atoms with Crippen LogP contribution in [0.15, 0.2) is 60.7 Å². The molecule has 0 aliphatic rings. The van der Waals surface area contributed by atoms with Crippen molar-refractivity contribution in [2.45, 2.75) is 13.8 Å². The molecule has 6 nitrogen and oxygen atoms in total. The minimum Gasteiger partial charge on any atom is -0.870 e. The predicted octanol–water partition coefficient (Wildman–Crippen LogP) is 2.32. The van der Waals surface area contributed by atoms with Gasteiger partial charge in [0, 0.05) is 11.6 Å². The first-order valence-corrected chi connectivity index (χ1v) is 7.29. The summed E-state index contributed by atoms with van der Waals surface area (Å²) in [6, 6.07) is 17.4. The number of benzene rings is 2. The molecule has 0 saturated heterocycles. The first-order valence-electron chi connectivity index (χ1n) is 7.29. The molecule has 0 aromatic heterocycles. The summed E-state index contributed by atoms with van der Waals surface area (Å²) in [6.07, 6.45) is 2.19. The van der Waals surface area contributed by atoms with Crippen LogP contribution in [0.1, 0.15) is 34.6 Å². The first kappa shape index (κ1) is 29.9. The minimum absolute atomic E-state index is 0. The van der Waals surface area contributed by atoms with Crippen LogP contribution >= 0.6 is 0 Å². The molecule has 0 amide bonds. The monoisotopic (exact) mass is 499 g/mol. The Morgan fingerprint density at radius 3 is 1.11 bits per heavy atom. The molecule has 1 radical (unpaired) electrons. The summed E-state index contributed by atoms with van der Waals surface area (Å²) in [5.74, 6) is -0.904. The second-order valence-corrected chi connectivity index (χ2v) is 4.97. The summed E-state index contributed by atoms with van der Waals surface area (Å²) >= 11 is 0. The number of ketones is 4. The van der Waals surface area contributed by atoms with E-state index in [2.05, 4.69) is 0 Å². The summed E-state index contributed by atoms with van der Waals surface area (Å²) in [4.78, 5) is 43.5. The van der Waals surface area contributed by atoms with E-state index in [9.17, 15) is 19.2 Å². The second-order valence-electron chi connectivity index (χ2n) is 4.97. The van der Waals surface area contributed by atoms with Gasteiger partial charge in [-0.2, -0.15) is 0 Å². The fraction of sp³-hybridized carbons (Fsp3) is 0.100. The van der Waals surface area contributed by atoms with E-state index in [1.165, 1.54) is 13.8 Å². The smallest absolute Gasteiger partial charge is 0.870 e. The summed E-state index contributed by atoms with van der Waals surface area (Å²) in [5.41, 5.74) is 1.10. The molecular formula is C20H21NdO6. The van der Waals surface area contributed by atoms with Crippen molar-refractivity contribution in [3.63, 3.8) is 0 Å². The van der Waals surface area contributed by atoms with Gasteiger partial charge in [-0.15, -0.1) is 48.2 Å². The standard InChI is InChI=1S/2C10H9O2.Nd.2H2O/c2*1-8(11)7-10(12)9-5-3-2-4-6-9;;;/h2*2-7H,1H3;;2*1H2/q2*-1;+3;;/p-1. The summed E-state index contributed by atoms with van der Waals surface area (Å²) in [7, 11) is 0. The average Bonchev–Trinajstić information content (AvgIpc) is 2.56. The Hall–Kier alpha value is -1.87. The van der Waals surface area contributed by atoms with Crippen LogP contribution < -0.4 is 0 Å². The van der Waals surface area contributed by atoms with E-state index >= 15 is 0 Å². The van der Waals surface area contributed by atoms with Gasteiger partial charge in [0.15, 0.2) is 0 Å². The average molecular weight is 502 g/mol. The minimum atomic E-state index is -0.233. The van der Waals surface area contributed by atoms with Crippen LogP contribution in [0.3, 0.4) is 0 Å². The first-order chi connectivity index (χ1) is 11.4. The number of hydrogen-bond donors (Lipinski definition) is 0. The Bertz CT molecular complexity index is 650. The van der Waals surface area contributed by atoms with Crippen molar-refractivity contribution < 1.29 is 71.0 Å².